The van der Waals surface area contributed by atoms with Crippen LogP contribution in [0.5, 0.6) is 0 Å². The number of nitrogens with one attached hydrogen (secondary N) is 1. The highest BCUT2D eigenvalue weighted by molar-refractivity contribution is 5.78. The van der Waals surface area contributed by atoms with E-state index in [-0.39, 0.29) is 11.9 Å². The molecule has 0 bridgehead atoms. The lowest BCUT2D eigenvalue weighted by atomic mass is 10.2. The molecule has 1 aromatic heterocycles. The normalized spacial score (nSPS) is 17.7. The summed E-state index contributed by atoms with van der Waals surface area (Å²) < 4.78 is 0. The summed E-state index contributed by atoms with van der Waals surface area (Å²) in [7, 11) is 0. The van der Waals surface area contributed by atoms with Crippen molar-refractivity contribution >= 4 is 5.91 Å². The van der Waals surface area contributed by atoms with Gasteiger partial charge >= 0.3 is 0 Å². The molecule has 20 heavy (non-hydrogen) atoms. The molecule has 0 radical (unpaired) electrons. The number of carbonyl (C=O) groups is 1. The standard InChI is InChI=1S/C16H21N3O/c1-2-3-4-11-19(12-14-7-9-17-10-8-14)13-15-5-6-16(20)18-15/h7-10,15H,2,5-6,11-13H2,1H3,(H,18,20)/t15-/m0/s1. The molecule has 1 N–H and O–H groups in total. The first-order chi connectivity index (χ1) is 9.78. The van der Waals surface area contributed by atoms with Crippen molar-refractivity contribution in [2.45, 2.75) is 38.8 Å². The largest absolute Gasteiger partial charge is 0.352 e. The van der Waals surface area contributed by atoms with Crippen molar-refractivity contribution in [2.24, 2.45) is 0 Å². The highest BCUT2D eigenvalue weighted by atomic mass is 16.1. The first-order valence-electron chi connectivity index (χ1n) is 7.14. The molecule has 1 fully saturated rings. The summed E-state index contributed by atoms with van der Waals surface area (Å²) >= 11 is 0. The van der Waals surface area contributed by atoms with E-state index in [0.717, 1.165) is 32.5 Å². The molecular weight excluding hydrogens is 250 g/mol. The SMILES string of the molecule is CCC#CCN(Cc1ccncc1)C[C@@H]1CCC(=O)N1. The molecule has 0 aromatic carbocycles. The molecule has 106 valence electrons. The van der Waals surface area contributed by atoms with Crippen LogP contribution in [0.2, 0.25) is 0 Å². The van der Waals surface area contributed by atoms with Gasteiger partial charge in [-0.2, -0.15) is 0 Å². The predicted molar refractivity (Wildman–Crippen MR) is 78.7 cm³/mol. The first kappa shape index (κ1) is 14.5. The van der Waals surface area contributed by atoms with Crippen molar-refractivity contribution in [3.8, 4) is 11.8 Å². The zero-order valence-electron chi connectivity index (χ0n) is 11.9. The van der Waals surface area contributed by atoms with Crippen LogP contribution in [-0.2, 0) is 11.3 Å². The molecule has 1 saturated heterocycles. The number of amides is 1. The first-order valence-corrected chi connectivity index (χ1v) is 7.14. The van der Waals surface area contributed by atoms with Gasteiger partial charge in [-0.25, -0.2) is 0 Å². The van der Waals surface area contributed by atoms with Crippen LogP contribution < -0.4 is 5.32 Å². The van der Waals surface area contributed by atoms with Gasteiger partial charge in [-0.3, -0.25) is 14.7 Å². The van der Waals surface area contributed by atoms with Gasteiger partial charge < -0.3 is 5.32 Å². The van der Waals surface area contributed by atoms with Crippen LogP contribution >= 0.6 is 0 Å². The van der Waals surface area contributed by atoms with Crippen molar-refractivity contribution in [3.05, 3.63) is 30.1 Å². The zero-order chi connectivity index (χ0) is 14.2. The number of aromatic nitrogens is 1. The lowest BCUT2D eigenvalue weighted by Gasteiger charge is -2.23. The fourth-order valence-electron chi connectivity index (χ4n) is 2.35. The third-order valence-corrected chi connectivity index (χ3v) is 3.32. The minimum absolute atomic E-state index is 0.165. The second kappa shape index (κ2) is 7.66. The smallest absolute Gasteiger partial charge is 0.220 e. The minimum Gasteiger partial charge on any atom is -0.352 e. The Kier molecular flexibility index (Phi) is 5.57. The number of hydrogen-bond donors (Lipinski definition) is 1. The van der Waals surface area contributed by atoms with Crippen LogP contribution in [-0.4, -0.2) is 34.9 Å². The Hall–Kier alpha value is -1.86. The fourth-order valence-corrected chi connectivity index (χ4v) is 2.35. The van der Waals surface area contributed by atoms with E-state index in [1.807, 2.05) is 24.5 Å². The maximum Gasteiger partial charge on any atom is 0.220 e. The van der Waals surface area contributed by atoms with Gasteiger partial charge in [0.25, 0.3) is 0 Å². The van der Waals surface area contributed by atoms with Gasteiger partial charge in [0.2, 0.25) is 5.91 Å². The molecule has 0 spiro atoms. The van der Waals surface area contributed by atoms with Gasteiger partial charge in [0, 0.05) is 44.4 Å². The second-order valence-corrected chi connectivity index (χ2v) is 5.04. The van der Waals surface area contributed by atoms with Gasteiger partial charge in [0.1, 0.15) is 0 Å². The van der Waals surface area contributed by atoms with Crippen molar-refractivity contribution < 1.29 is 4.79 Å². The Morgan fingerprint density at radius 2 is 2.20 bits per heavy atom. The molecular formula is C16H21N3O. The topological polar surface area (TPSA) is 45.2 Å². The van der Waals surface area contributed by atoms with Crippen LogP contribution in [0, 0.1) is 11.8 Å². The monoisotopic (exact) mass is 271 g/mol. The molecule has 1 aliphatic rings. The number of carbonyl (C=O) groups excluding carboxylic acids is 1. The molecule has 1 atom stereocenters. The average Bonchev–Trinajstić information content (AvgIpc) is 2.85. The molecule has 1 aliphatic heterocycles. The van der Waals surface area contributed by atoms with Crippen molar-refractivity contribution in [1.29, 1.82) is 0 Å². The van der Waals surface area contributed by atoms with Crippen molar-refractivity contribution in [2.75, 3.05) is 13.1 Å². The molecule has 2 rings (SSSR count). The highest BCUT2D eigenvalue weighted by Gasteiger charge is 2.22. The minimum atomic E-state index is 0.165. The third-order valence-electron chi connectivity index (χ3n) is 3.32. The predicted octanol–water partition coefficient (Wildman–Crippen LogP) is 1.58. The van der Waals surface area contributed by atoms with Gasteiger partial charge in [0.15, 0.2) is 0 Å². The van der Waals surface area contributed by atoms with E-state index in [4.69, 9.17) is 0 Å². The number of hydrogen-bond acceptors (Lipinski definition) is 3. The molecule has 0 saturated carbocycles. The molecule has 2 heterocycles. The molecule has 0 unspecified atom stereocenters. The number of nitrogens with zero attached hydrogens (tertiary/aromatic N) is 2. The molecule has 1 amide bonds. The molecule has 0 aliphatic carbocycles. The maximum atomic E-state index is 11.3. The number of pyridine rings is 1. The zero-order valence-corrected chi connectivity index (χ0v) is 11.9. The Balaban J connectivity index is 1.94. The fraction of sp³-hybridized carbons (Fsp3) is 0.500. The van der Waals surface area contributed by atoms with E-state index in [1.165, 1.54) is 5.56 Å². The van der Waals surface area contributed by atoms with Crippen LogP contribution in [0.1, 0.15) is 31.7 Å². The average molecular weight is 271 g/mol. The lowest BCUT2D eigenvalue weighted by Crippen LogP contribution is -2.38. The Morgan fingerprint density at radius 3 is 2.85 bits per heavy atom. The summed E-state index contributed by atoms with van der Waals surface area (Å²) in [4.78, 5) is 17.6. The molecule has 1 aromatic rings. The Morgan fingerprint density at radius 1 is 1.40 bits per heavy atom. The Bertz CT molecular complexity index is 489. The van der Waals surface area contributed by atoms with Gasteiger partial charge in [-0.15, -0.1) is 5.92 Å². The van der Waals surface area contributed by atoms with E-state index in [9.17, 15) is 4.79 Å². The van der Waals surface area contributed by atoms with Crippen LogP contribution in [0.4, 0.5) is 0 Å². The highest BCUT2D eigenvalue weighted by Crippen LogP contribution is 2.10. The van der Waals surface area contributed by atoms with Crippen molar-refractivity contribution in [3.63, 3.8) is 0 Å². The summed E-state index contributed by atoms with van der Waals surface area (Å²) in [5.74, 6) is 6.46. The quantitative estimate of drug-likeness (QED) is 0.827. The summed E-state index contributed by atoms with van der Waals surface area (Å²) in [5, 5.41) is 3.02. The van der Waals surface area contributed by atoms with Gasteiger partial charge in [-0.05, 0) is 24.1 Å². The van der Waals surface area contributed by atoms with E-state index in [1.54, 1.807) is 0 Å². The van der Waals surface area contributed by atoms with Crippen LogP contribution in [0.25, 0.3) is 0 Å². The molecule has 4 nitrogen and oxygen atoms in total. The van der Waals surface area contributed by atoms with E-state index in [2.05, 4.69) is 34.0 Å². The maximum absolute atomic E-state index is 11.3. The summed E-state index contributed by atoms with van der Waals surface area (Å²) in [5.41, 5.74) is 1.22. The van der Waals surface area contributed by atoms with Crippen LogP contribution in [0.15, 0.2) is 24.5 Å². The lowest BCUT2D eigenvalue weighted by molar-refractivity contribution is -0.119. The summed E-state index contributed by atoms with van der Waals surface area (Å²) in [6, 6.07) is 4.30. The molecule has 4 heteroatoms. The van der Waals surface area contributed by atoms with Gasteiger partial charge in [-0.1, -0.05) is 12.8 Å². The summed E-state index contributed by atoms with van der Waals surface area (Å²) in [6.45, 7) is 4.49. The van der Waals surface area contributed by atoms with Gasteiger partial charge in [0.05, 0.1) is 6.54 Å². The summed E-state index contributed by atoms with van der Waals surface area (Å²) in [6.07, 6.45) is 6.07. The second-order valence-electron chi connectivity index (χ2n) is 5.04. The third kappa shape index (κ3) is 4.67. The Labute approximate surface area is 120 Å². The van der Waals surface area contributed by atoms with E-state index in [0.29, 0.717) is 6.42 Å². The van der Waals surface area contributed by atoms with Crippen LogP contribution in [0.3, 0.4) is 0 Å². The van der Waals surface area contributed by atoms with E-state index >= 15 is 0 Å². The van der Waals surface area contributed by atoms with E-state index < -0.39 is 0 Å². The van der Waals surface area contributed by atoms with Crippen molar-refractivity contribution in [1.82, 2.24) is 15.2 Å². The number of rotatable bonds is 5.